The fraction of sp³-hybridized carbons (Fsp3) is 0.185. The summed E-state index contributed by atoms with van der Waals surface area (Å²) in [5.74, 6) is 0.523. The second-order valence-corrected chi connectivity index (χ2v) is 10.7. The molecule has 0 spiro atoms. The molecular weight excluding hydrogens is 688 g/mol. The Kier molecular flexibility index (Phi) is 8.92. The number of carbonyl (C=O) groups excluding carboxylic acids is 1. The van der Waals surface area contributed by atoms with Gasteiger partial charge in [-0.25, -0.2) is 0 Å². The van der Waals surface area contributed by atoms with Crippen LogP contribution in [0.3, 0.4) is 0 Å². The van der Waals surface area contributed by atoms with Gasteiger partial charge in [0.05, 0.1) is 7.14 Å². The number of rotatable bonds is 6. The number of nitrogens with zero attached hydrogens (tertiary/aromatic N) is 3. The minimum absolute atomic E-state index is 0.134. The first-order valence-electron chi connectivity index (χ1n) is 11.0. The van der Waals surface area contributed by atoms with Gasteiger partial charge in [0.1, 0.15) is 24.0 Å². The second kappa shape index (κ2) is 12.1. The molecular formula is C27H22ClI2N3O2. The van der Waals surface area contributed by atoms with Crippen LogP contribution in [-0.2, 0) is 11.4 Å². The second-order valence-electron chi connectivity index (χ2n) is 7.98. The van der Waals surface area contributed by atoms with E-state index in [1.807, 2.05) is 54.6 Å². The molecule has 0 aromatic heterocycles. The Hall–Kier alpha value is -2.29. The Labute approximate surface area is 237 Å². The van der Waals surface area contributed by atoms with E-state index in [-0.39, 0.29) is 11.5 Å². The van der Waals surface area contributed by atoms with Crippen molar-refractivity contribution in [2.75, 3.05) is 31.1 Å². The Morgan fingerprint density at radius 3 is 2.26 bits per heavy atom. The molecule has 1 aliphatic heterocycles. The maximum atomic E-state index is 13.1. The number of halogens is 3. The highest BCUT2D eigenvalue weighted by atomic mass is 127. The van der Waals surface area contributed by atoms with Crippen LogP contribution < -0.4 is 9.64 Å². The fourth-order valence-electron chi connectivity index (χ4n) is 3.85. The van der Waals surface area contributed by atoms with Crippen LogP contribution >= 0.6 is 56.8 Å². The molecule has 1 fully saturated rings. The van der Waals surface area contributed by atoms with Crippen LogP contribution in [0.2, 0.25) is 5.02 Å². The number of para-hydroxylation sites is 1. The minimum atomic E-state index is -0.232. The van der Waals surface area contributed by atoms with Crippen molar-refractivity contribution < 1.29 is 9.53 Å². The molecule has 1 aliphatic rings. The highest BCUT2D eigenvalue weighted by molar-refractivity contribution is 14.1. The SMILES string of the molecule is N#C/C(=C/c1cc(I)c(OCc2ccccc2Cl)c(I)c1)C(=O)N1CCN(c2ccccc2)CC1. The lowest BCUT2D eigenvalue weighted by atomic mass is 10.1. The van der Waals surface area contributed by atoms with E-state index in [2.05, 4.69) is 68.3 Å². The van der Waals surface area contributed by atoms with Crippen LogP contribution in [-0.4, -0.2) is 37.0 Å². The van der Waals surface area contributed by atoms with Crippen LogP contribution in [0, 0.1) is 18.5 Å². The molecule has 35 heavy (non-hydrogen) atoms. The molecule has 8 heteroatoms. The van der Waals surface area contributed by atoms with Crippen LogP contribution in [0.4, 0.5) is 5.69 Å². The van der Waals surface area contributed by atoms with Gasteiger partial charge in [0, 0.05) is 42.5 Å². The van der Waals surface area contributed by atoms with Crippen molar-refractivity contribution in [1.82, 2.24) is 4.90 Å². The molecule has 5 nitrogen and oxygen atoms in total. The van der Waals surface area contributed by atoms with E-state index in [1.165, 1.54) is 0 Å². The Bertz CT molecular complexity index is 1260. The maximum absolute atomic E-state index is 13.1. The summed E-state index contributed by atoms with van der Waals surface area (Å²) in [5, 5.41) is 10.4. The number of piperazine rings is 1. The highest BCUT2D eigenvalue weighted by Gasteiger charge is 2.24. The first-order valence-corrected chi connectivity index (χ1v) is 13.6. The van der Waals surface area contributed by atoms with Gasteiger partial charge < -0.3 is 14.5 Å². The number of hydrogen-bond acceptors (Lipinski definition) is 4. The summed E-state index contributed by atoms with van der Waals surface area (Å²) < 4.78 is 7.84. The number of nitriles is 1. The average molecular weight is 710 g/mol. The number of ether oxygens (including phenoxy) is 1. The van der Waals surface area contributed by atoms with Gasteiger partial charge >= 0.3 is 0 Å². The van der Waals surface area contributed by atoms with Gasteiger partial charge in [-0.2, -0.15) is 5.26 Å². The average Bonchev–Trinajstić information content (AvgIpc) is 2.88. The number of hydrogen-bond donors (Lipinski definition) is 0. The predicted octanol–water partition coefficient (Wildman–Crippen LogP) is 6.38. The lowest BCUT2D eigenvalue weighted by molar-refractivity contribution is -0.126. The molecule has 0 unspecified atom stereocenters. The first kappa shape index (κ1) is 25.8. The van der Waals surface area contributed by atoms with E-state index in [9.17, 15) is 10.1 Å². The number of carbonyl (C=O) groups is 1. The van der Waals surface area contributed by atoms with Crippen LogP contribution in [0.5, 0.6) is 5.75 Å². The highest BCUT2D eigenvalue weighted by Crippen LogP contribution is 2.31. The summed E-state index contributed by atoms with van der Waals surface area (Å²) in [6.45, 7) is 2.99. The summed E-state index contributed by atoms with van der Waals surface area (Å²) >= 11 is 10.7. The van der Waals surface area contributed by atoms with E-state index < -0.39 is 0 Å². The molecule has 0 aliphatic carbocycles. The molecule has 0 saturated carbocycles. The van der Waals surface area contributed by atoms with Gasteiger partial charge in [-0.05, 0) is 87.2 Å². The van der Waals surface area contributed by atoms with Gasteiger partial charge in [0.25, 0.3) is 5.91 Å². The third kappa shape index (κ3) is 6.48. The normalized spacial score (nSPS) is 13.9. The van der Waals surface area contributed by atoms with Crippen LogP contribution in [0.25, 0.3) is 6.08 Å². The lowest BCUT2D eigenvalue weighted by Gasteiger charge is -2.36. The number of benzene rings is 3. The largest absolute Gasteiger partial charge is 0.487 e. The van der Waals surface area contributed by atoms with Crippen molar-refractivity contribution in [2.24, 2.45) is 0 Å². The molecule has 1 heterocycles. The third-order valence-corrected chi connectivity index (χ3v) is 7.67. The smallest absolute Gasteiger partial charge is 0.264 e. The zero-order chi connectivity index (χ0) is 24.8. The molecule has 1 amide bonds. The molecule has 178 valence electrons. The number of amides is 1. The monoisotopic (exact) mass is 709 g/mol. The van der Waals surface area contributed by atoms with E-state index in [0.29, 0.717) is 24.7 Å². The van der Waals surface area contributed by atoms with Crippen LogP contribution in [0.15, 0.2) is 72.3 Å². The van der Waals surface area contributed by atoms with E-state index >= 15 is 0 Å². The molecule has 3 aromatic carbocycles. The molecule has 1 saturated heterocycles. The Morgan fingerprint density at radius 1 is 1.00 bits per heavy atom. The van der Waals surface area contributed by atoms with Crippen molar-refractivity contribution in [3.63, 3.8) is 0 Å². The van der Waals surface area contributed by atoms with Crippen molar-refractivity contribution in [2.45, 2.75) is 6.61 Å². The van der Waals surface area contributed by atoms with Gasteiger partial charge in [0.2, 0.25) is 0 Å². The fourth-order valence-corrected chi connectivity index (χ4v) is 6.17. The maximum Gasteiger partial charge on any atom is 0.264 e. The van der Waals surface area contributed by atoms with Gasteiger partial charge in [0.15, 0.2) is 0 Å². The van der Waals surface area contributed by atoms with E-state index in [1.54, 1.807) is 11.0 Å². The molecule has 4 rings (SSSR count). The summed E-state index contributed by atoms with van der Waals surface area (Å²) in [6, 6.07) is 23.7. The van der Waals surface area contributed by atoms with E-state index in [0.717, 1.165) is 42.8 Å². The Morgan fingerprint density at radius 2 is 1.63 bits per heavy atom. The third-order valence-electron chi connectivity index (χ3n) is 5.70. The number of anilines is 1. The summed E-state index contributed by atoms with van der Waals surface area (Å²) in [6.07, 6.45) is 1.66. The minimum Gasteiger partial charge on any atom is -0.487 e. The summed E-state index contributed by atoms with van der Waals surface area (Å²) in [4.78, 5) is 17.1. The van der Waals surface area contributed by atoms with Gasteiger partial charge in [-0.3, -0.25) is 4.79 Å². The molecule has 3 aromatic rings. The van der Waals surface area contributed by atoms with Crippen LogP contribution in [0.1, 0.15) is 11.1 Å². The van der Waals surface area contributed by atoms with Gasteiger partial charge in [-0.1, -0.05) is 48.0 Å². The predicted molar refractivity (Wildman–Crippen MR) is 156 cm³/mol. The van der Waals surface area contributed by atoms with Crippen molar-refractivity contribution in [1.29, 1.82) is 5.26 Å². The topological polar surface area (TPSA) is 56.6 Å². The van der Waals surface area contributed by atoms with Gasteiger partial charge in [-0.15, -0.1) is 0 Å². The molecule has 0 atom stereocenters. The molecule has 0 N–H and O–H groups in total. The van der Waals surface area contributed by atoms with Crippen molar-refractivity contribution in [3.05, 3.63) is 95.6 Å². The summed E-state index contributed by atoms with van der Waals surface area (Å²) in [7, 11) is 0. The summed E-state index contributed by atoms with van der Waals surface area (Å²) in [5.41, 5.74) is 2.98. The first-order chi connectivity index (χ1) is 17.0. The molecule has 0 radical (unpaired) electrons. The zero-order valence-corrected chi connectivity index (χ0v) is 23.8. The van der Waals surface area contributed by atoms with Crippen molar-refractivity contribution in [3.8, 4) is 11.8 Å². The molecule has 0 bridgehead atoms. The quantitative estimate of drug-likeness (QED) is 0.169. The van der Waals surface area contributed by atoms with E-state index in [4.69, 9.17) is 16.3 Å². The zero-order valence-electron chi connectivity index (χ0n) is 18.8. The lowest BCUT2D eigenvalue weighted by Crippen LogP contribution is -2.49. The van der Waals surface area contributed by atoms with Crippen molar-refractivity contribution >= 4 is 74.5 Å². The standard InChI is InChI=1S/C27H22ClI2N3O2/c28-23-9-5-4-6-20(23)18-35-26-24(29)15-19(16-25(26)30)14-21(17-31)27(34)33-12-10-32(11-13-33)22-7-2-1-3-8-22/h1-9,14-16H,10-13,18H2/b21-14-. The Balaban J connectivity index is 1.44.